The van der Waals surface area contributed by atoms with Crippen LogP contribution in [0.1, 0.15) is 25.7 Å². The lowest BCUT2D eigenvalue weighted by atomic mass is 10.2. The fourth-order valence-electron chi connectivity index (χ4n) is 2.59. The first-order valence-corrected chi connectivity index (χ1v) is 8.03. The largest absolute Gasteiger partial charge is 0.331 e. The molecule has 2 amide bonds. The molecule has 1 aromatic rings. The number of anilines is 1. The third-order valence-corrected chi connectivity index (χ3v) is 4.04. The van der Waals surface area contributed by atoms with E-state index in [1.165, 1.54) is 0 Å². The number of carbonyl (C=O) groups is 2. The zero-order chi connectivity index (χ0) is 16.1. The lowest BCUT2D eigenvalue weighted by Gasteiger charge is -2.24. The maximum absolute atomic E-state index is 12.4. The molecule has 1 saturated heterocycles. The molecule has 0 bridgehead atoms. The van der Waals surface area contributed by atoms with E-state index in [2.05, 4.69) is 5.32 Å². The fraction of sp³-hybridized carbons (Fsp3) is 0.467. The molecule has 128 valence electrons. The van der Waals surface area contributed by atoms with Crippen LogP contribution < -0.4 is 11.1 Å². The lowest BCUT2D eigenvalue weighted by molar-refractivity contribution is -0.136. The molecule has 23 heavy (non-hydrogen) atoms. The van der Waals surface area contributed by atoms with Gasteiger partial charge < -0.3 is 16.0 Å². The summed E-state index contributed by atoms with van der Waals surface area (Å²) in [5.41, 5.74) is 5.96. The zero-order valence-electron chi connectivity index (χ0n) is 12.6. The van der Waals surface area contributed by atoms with Crippen molar-refractivity contribution in [1.82, 2.24) is 4.90 Å². The van der Waals surface area contributed by atoms with Crippen molar-refractivity contribution < 1.29 is 9.59 Å². The minimum Gasteiger partial charge on any atom is -0.331 e. The molecule has 1 atom stereocenters. The van der Waals surface area contributed by atoms with E-state index >= 15 is 0 Å². The predicted octanol–water partition coefficient (Wildman–Crippen LogP) is 3.08. The van der Waals surface area contributed by atoms with Gasteiger partial charge in [-0.15, -0.1) is 12.4 Å². The molecule has 3 N–H and O–H groups in total. The number of likely N-dealkylation sites (tertiary alicyclic amines) is 1. The fourth-order valence-corrected chi connectivity index (χ4v) is 3.11. The summed E-state index contributed by atoms with van der Waals surface area (Å²) in [6, 6.07) is 4.40. The Kier molecular flexibility index (Phi) is 8.12. The number of amides is 2. The first-order chi connectivity index (χ1) is 10.5. The van der Waals surface area contributed by atoms with Crippen molar-refractivity contribution in [3.8, 4) is 0 Å². The van der Waals surface area contributed by atoms with E-state index in [1.54, 1.807) is 23.1 Å². The van der Waals surface area contributed by atoms with Gasteiger partial charge in [-0.05, 0) is 44.0 Å². The third-order valence-electron chi connectivity index (χ3n) is 3.60. The van der Waals surface area contributed by atoms with Crippen molar-refractivity contribution in [1.29, 1.82) is 0 Å². The van der Waals surface area contributed by atoms with E-state index in [4.69, 9.17) is 28.9 Å². The average Bonchev–Trinajstić information content (AvgIpc) is 2.93. The summed E-state index contributed by atoms with van der Waals surface area (Å²) in [5, 5.41) is 3.68. The molecule has 1 unspecified atom stereocenters. The summed E-state index contributed by atoms with van der Waals surface area (Å²) >= 11 is 11.8. The van der Waals surface area contributed by atoms with Gasteiger partial charge in [-0.1, -0.05) is 23.2 Å². The summed E-state index contributed by atoms with van der Waals surface area (Å²) in [4.78, 5) is 26.2. The Morgan fingerprint density at radius 2 is 1.91 bits per heavy atom. The van der Waals surface area contributed by atoms with Gasteiger partial charge in [-0.25, -0.2) is 0 Å². The Hall–Kier alpha value is -1.01. The van der Waals surface area contributed by atoms with E-state index in [0.29, 0.717) is 48.1 Å². The molecule has 0 aromatic heterocycles. The number of rotatable bonds is 5. The average molecular weight is 381 g/mol. The highest BCUT2D eigenvalue weighted by molar-refractivity contribution is 6.35. The van der Waals surface area contributed by atoms with Crippen LogP contribution in [0.2, 0.25) is 10.0 Å². The molecule has 1 heterocycles. The van der Waals surface area contributed by atoms with Crippen molar-refractivity contribution in [2.24, 2.45) is 5.73 Å². The van der Waals surface area contributed by atoms with Crippen LogP contribution in [0, 0.1) is 0 Å². The predicted molar refractivity (Wildman–Crippen MR) is 95.4 cm³/mol. The van der Waals surface area contributed by atoms with Crippen LogP contribution in [-0.2, 0) is 9.59 Å². The van der Waals surface area contributed by atoms with Crippen molar-refractivity contribution in [2.45, 2.75) is 31.7 Å². The second kappa shape index (κ2) is 9.33. The maximum Gasteiger partial charge on any atom is 0.247 e. The van der Waals surface area contributed by atoms with Gasteiger partial charge in [-0.3, -0.25) is 9.59 Å². The molecule has 2 rings (SSSR count). The van der Waals surface area contributed by atoms with Crippen LogP contribution in [0.4, 0.5) is 5.69 Å². The Labute approximate surface area is 151 Å². The molecular weight excluding hydrogens is 361 g/mol. The summed E-state index contributed by atoms with van der Waals surface area (Å²) in [5.74, 6) is -0.232. The topological polar surface area (TPSA) is 75.4 Å². The molecule has 1 fully saturated rings. The number of halogens is 3. The summed E-state index contributed by atoms with van der Waals surface area (Å²) in [6.45, 7) is 1.08. The number of hydrogen-bond donors (Lipinski definition) is 2. The van der Waals surface area contributed by atoms with Crippen LogP contribution in [0.3, 0.4) is 0 Å². The third kappa shape index (κ3) is 5.53. The van der Waals surface area contributed by atoms with E-state index in [-0.39, 0.29) is 24.2 Å². The Bertz CT molecular complexity index is 549. The van der Waals surface area contributed by atoms with Crippen molar-refractivity contribution in [2.75, 3.05) is 18.4 Å². The molecule has 5 nitrogen and oxygen atoms in total. The van der Waals surface area contributed by atoms with Gasteiger partial charge in [0.25, 0.3) is 0 Å². The van der Waals surface area contributed by atoms with Crippen molar-refractivity contribution >= 4 is 53.1 Å². The molecule has 1 aliphatic rings. The minimum atomic E-state index is -0.442. The lowest BCUT2D eigenvalue weighted by Crippen LogP contribution is -2.43. The highest BCUT2D eigenvalue weighted by Gasteiger charge is 2.33. The Balaban J connectivity index is 0.00000264. The molecule has 1 aromatic carbocycles. The first kappa shape index (κ1) is 20.0. The number of hydrogen-bond acceptors (Lipinski definition) is 3. The molecule has 8 heteroatoms. The van der Waals surface area contributed by atoms with Crippen molar-refractivity contribution in [3.63, 3.8) is 0 Å². The van der Waals surface area contributed by atoms with E-state index < -0.39 is 6.04 Å². The summed E-state index contributed by atoms with van der Waals surface area (Å²) in [6.07, 6.45) is 2.49. The number of carbonyl (C=O) groups excluding carboxylic acids is 2. The molecule has 0 saturated carbocycles. The van der Waals surface area contributed by atoms with Crippen LogP contribution in [-0.4, -0.2) is 35.8 Å². The van der Waals surface area contributed by atoms with E-state index in [0.717, 1.165) is 6.42 Å². The second-order valence-corrected chi connectivity index (χ2v) is 6.16. The monoisotopic (exact) mass is 379 g/mol. The summed E-state index contributed by atoms with van der Waals surface area (Å²) < 4.78 is 0. The van der Waals surface area contributed by atoms with Crippen LogP contribution in [0.25, 0.3) is 0 Å². The molecule has 0 radical (unpaired) electrons. The first-order valence-electron chi connectivity index (χ1n) is 7.28. The highest BCUT2D eigenvalue weighted by Crippen LogP contribution is 2.24. The normalized spacial score (nSPS) is 16.8. The van der Waals surface area contributed by atoms with Crippen LogP contribution in [0.15, 0.2) is 18.2 Å². The van der Waals surface area contributed by atoms with Gasteiger partial charge in [0, 0.05) is 28.7 Å². The van der Waals surface area contributed by atoms with Gasteiger partial charge in [0.2, 0.25) is 11.8 Å². The van der Waals surface area contributed by atoms with E-state index in [1.807, 2.05) is 0 Å². The van der Waals surface area contributed by atoms with E-state index in [9.17, 15) is 9.59 Å². The second-order valence-electron chi connectivity index (χ2n) is 5.28. The molecule has 0 spiro atoms. The highest BCUT2D eigenvalue weighted by atomic mass is 35.5. The number of nitrogens with one attached hydrogen (secondary N) is 1. The van der Waals surface area contributed by atoms with Crippen molar-refractivity contribution in [3.05, 3.63) is 28.2 Å². The minimum absolute atomic E-state index is 0. The molecular formula is C15H20Cl3N3O2. The number of benzene rings is 1. The Morgan fingerprint density at radius 1 is 1.26 bits per heavy atom. The van der Waals surface area contributed by atoms with Crippen LogP contribution >= 0.6 is 35.6 Å². The standard InChI is InChI=1S/C15H19Cl2N3O2.ClH/c16-10-7-11(17)9-12(8-10)19-15(22)13-3-2-6-20(13)14(21)4-1-5-18;/h7-9,13H,1-6,18H2,(H,19,22);1H. The maximum atomic E-state index is 12.4. The summed E-state index contributed by atoms with van der Waals surface area (Å²) in [7, 11) is 0. The Morgan fingerprint density at radius 3 is 2.52 bits per heavy atom. The van der Waals surface area contributed by atoms with Gasteiger partial charge >= 0.3 is 0 Å². The molecule has 0 aliphatic carbocycles. The van der Waals surface area contributed by atoms with Gasteiger partial charge in [-0.2, -0.15) is 0 Å². The zero-order valence-corrected chi connectivity index (χ0v) is 14.9. The van der Waals surface area contributed by atoms with Gasteiger partial charge in [0.15, 0.2) is 0 Å². The van der Waals surface area contributed by atoms with Gasteiger partial charge in [0.05, 0.1) is 0 Å². The van der Waals surface area contributed by atoms with Crippen LogP contribution in [0.5, 0.6) is 0 Å². The SMILES string of the molecule is Cl.NCCCC(=O)N1CCCC1C(=O)Nc1cc(Cl)cc(Cl)c1. The number of nitrogens with zero attached hydrogens (tertiary/aromatic N) is 1. The number of nitrogens with two attached hydrogens (primary N) is 1. The quantitative estimate of drug-likeness (QED) is 0.824. The smallest absolute Gasteiger partial charge is 0.247 e. The van der Waals surface area contributed by atoms with Gasteiger partial charge in [0.1, 0.15) is 6.04 Å². The molecule has 1 aliphatic heterocycles.